The predicted molar refractivity (Wildman–Crippen MR) is 116 cm³/mol. The van der Waals surface area contributed by atoms with E-state index in [4.69, 9.17) is 18.9 Å². The first kappa shape index (κ1) is 21.9. The van der Waals surface area contributed by atoms with E-state index in [-0.39, 0.29) is 18.2 Å². The zero-order valence-corrected chi connectivity index (χ0v) is 17.7. The Morgan fingerprint density at radius 2 is 1.32 bits per heavy atom. The first-order valence-electron chi connectivity index (χ1n) is 9.75. The van der Waals surface area contributed by atoms with Crippen molar-refractivity contribution in [2.75, 3.05) is 21.3 Å². The third-order valence-electron chi connectivity index (χ3n) is 4.73. The number of carbonyl (C=O) groups is 2. The van der Waals surface area contributed by atoms with Crippen LogP contribution in [-0.2, 0) is 11.2 Å². The van der Waals surface area contributed by atoms with Crippen molar-refractivity contribution < 1.29 is 28.5 Å². The van der Waals surface area contributed by atoms with Crippen molar-refractivity contribution in [3.8, 4) is 23.0 Å². The molecule has 0 aromatic heterocycles. The summed E-state index contributed by atoms with van der Waals surface area (Å²) in [5.41, 5.74) is 2.00. The summed E-state index contributed by atoms with van der Waals surface area (Å²) in [6, 6.07) is 19.2. The number of ketones is 1. The molecule has 0 bridgehead atoms. The lowest BCUT2D eigenvalue weighted by molar-refractivity contribution is -0.134. The molecule has 160 valence electrons. The van der Waals surface area contributed by atoms with Crippen LogP contribution < -0.4 is 18.9 Å². The average molecular weight is 420 g/mol. The number of hydrogen-bond acceptors (Lipinski definition) is 6. The number of hydrogen-bond donors (Lipinski definition) is 0. The van der Waals surface area contributed by atoms with Gasteiger partial charge in [-0.2, -0.15) is 0 Å². The van der Waals surface area contributed by atoms with Gasteiger partial charge in [-0.25, -0.2) is 0 Å². The second-order valence-corrected chi connectivity index (χ2v) is 6.73. The van der Waals surface area contributed by atoms with Gasteiger partial charge in [0, 0.05) is 17.5 Å². The highest BCUT2D eigenvalue weighted by atomic mass is 16.5. The van der Waals surface area contributed by atoms with Gasteiger partial charge in [-0.3, -0.25) is 9.59 Å². The van der Waals surface area contributed by atoms with E-state index in [0.29, 0.717) is 40.5 Å². The molecule has 0 spiro atoms. The fraction of sp³-hybridized carbons (Fsp3) is 0.200. The van der Waals surface area contributed by atoms with E-state index in [1.54, 1.807) is 62.8 Å². The summed E-state index contributed by atoms with van der Waals surface area (Å²) in [5, 5.41) is 0. The molecule has 3 rings (SSSR count). The predicted octanol–water partition coefficient (Wildman–Crippen LogP) is 4.48. The third kappa shape index (κ3) is 5.42. The second kappa shape index (κ2) is 10.3. The summed E-state index contributed by atoms with van der Waals surface area (Å²) < 4.78 is 21.4. The molecule has 3 aromatic carbocycles. The Hall–Kier alpha value is -3.80. The van der Waals surface area contributed by atoms with Crippen molar-refractivity contribution >= 4 is 11.8 Å². The summed E-state index contributed by atoms with van der Waals surface area (Å²) in [6.07, 6.45) is 0.615. The third-order valence-corrected chi connectivity index (χ3v) is 4.73. The van der Waals surface area contributed by atoms with Gasteiger partial charge in [-0.1, -0.05) is 30.3 Å². The largest absolute Gasteiger partial charge is 0.493 e. The summed E-state index contributed by atoms with van der Waals surface area (Å²) in [4.78, 5) is 24.7. The summed E-state index contributed by atoms with van der Waals surface area (Å²) in [5.74, 6) is 1.49. The number of aryl methyl sites for hydroxylation is 1. The molecule has 0 atom stereocenters. The molecule has 0 aliphatic carbocycles. The standard InChI is InChI=1S/C25H24O6/c1-28-21-15-17(16-22(29-2)25(21)30-3)9-14-23(26)31-20-12-10-19(11-13-20)24(27)18-7-5-4-6-8-18/h4-8,10-13,15-16H,9,14H2,1-3H3. The van der Waals surface area contributed by atoms with Gasteiger partial charge in [-0.15, -0.1) is 0 Å². The molecule has 0 aliphatic heterocycles. The number of benzene rings is 3. The van der Waals surface area contributed by atoms with Crippen molar-refractivity contribution in [2.45, 2.75) is 12.8 Å². The number of esters is 1. The summed E-state index contributed by atoms with van der Waals surface area (Å²) in [7, 11) is 4.62. The highest BCUT2D eigenvalue weighted by molar-refractivity contribution is 6.09. The van der Waals surface area contributed by atoms with Gasteiger partial charge in [0.05, 0.1) is 21.3 Å². The van der Waals surface area contributed by atoms with Crippen LogP contribution in [0.1, 0.15) is 27.9 Å². The summed E-state index contributed by atoms with van der Waals surface area (Å²) in [6.45, 7) is 0. The monoisotopic (exact) mass is 420 g/mol. The Balaban J connectivity index is 1.61. The van der Waals surface area contributed by atoms with Crippen LogP contribution in [0.3, 0.4) is 0 Å². The van der Waals surface area contributed by atoms with Crippen LogP contribution in [0, 0.1) is 0 Å². The molecule has 0 amide bonds. The van der Waals surface area contributed by atoms with Gasteiger partial charge >= 0.3 is 5.97 Å². The Bertz CT molecular complexity index is 1020. The highest BCUT2D eigenvalue weighted by Crippen LogP contribution is 2.38. The maximum Gasteiger partial charge on any atom is 0.311 e. The number of carbonyl (C=O) groups excluding carboxylic acids is 2. The quantitative estimate of drug-likeness (QED) is 0.289. The van der Waals surface area contributed by atoms with Crippen molar-refractivity contribution in [1.82, 2.24) is 0 Å². The molecule has 0 saturated carbocycles. The maximum atomic E-state index is 12.5. The van der Waals surface area contributed by atoms with Gasteiger partial charge in [-0.05, 0) is 48.4 Å². The molecule has 3 aromatic rings. The van der Waals surface area contributed by atoms with Gasteiger partial charge in [0.2, 0.25) is 5.75 Å². The number of methoxy groups -OCH3 is 3. The van der Waals surface area contributed by atoms with E-state index >= 15 is 0 Å². The summed E-state index contributed by atoms with van der Waals surface area (Å²) >= 11 is 0. The van der Waals surface area contributed by atoms with Crippen molar-refractivity contribution in [2.24, 2.45) is 0 Å². The van der Waals surface area contributed by atoms with Gasteiger partial charge in [0.25, 0.3) is 0 Å². The Morgan fingerprint density at radius 1 is 0.742 bits per heavy atom. The lowest BCUT2D eigenvalue weighted by Crippen LogP contribution is -2.09. The van der Waals surface area contributed by atoms with Crippen molar-refractivity contribution in [3.63, 3.8) is 0 Å². The fourth-order valence-electron chi connectivity index (χ4n) is 3.14. The number of ether oxygens (including phenoxy) is 4. The lowest BCUT2D eigenvalue weighted by Gasteiger charge is -2.14. The Morgan fingerprint density at radius 3 is 1.87 bits per heavy atom. The van der Waals surface area contributed by atoms with Crippen LogP contribution in [-0.4, -0.2) is 33.1 Å². The van der Waals surface area contributed by atoms with Crippen LogP contribution in [0.4, 0.5) is 0 Å². The van der Waals surface area contributed by atoms with E-state index in [1.807, 2.05) is 18.2 Å². The Labute approximate surface area is 181 Å². The molecular weight excluding hydrogens is 396 g/mol. The normalized spacial score (nSPS) is 10.3. The minimum absolute atomic E-state index is 0.0825. The van der Waals surface area contributed by atoms with E-state index in [0.717, 1.165) is 5.56 Å². The van der Waals surface area contributed by atoms with E-state index in [2.05, 4.69) is 0 Å². The molecule has 0 fully saturated rings. The first-order chi connectivity index (χ1) is 15.0. The zero-order chi connectivity index (χ0) is 22.2. The molecular formula is C25H24O6. The maximum absolute atomic E-state index is 12.5. The molecule has 31 heavy (non-hydrogen) atoms. The molecule has 0 unspecified atom stereocenters. The highest BCUT2D eigenvalue weighted by Gasteiger charge is 2.15. The minimum Gasteiger partial charge on any atom is -0.493 e. The molecule has 0 aliphatic rings. The average Bonchev–Trinajstić information content (AvgIpc) is 2.82. The van der Waals surface area contributed by atoms with Crippen molar-refractivity contribution in [1.29, 1.82) is 0 Å². The first-order valence-corrected chi connectivity index (χ1v) is 9.75. The topological polar surface area (TPSA) is 71.1 Å². The zero-order valence-electron chi connectivity index (χ0n) is 17.7. The molecule has 0 heterocycles. The van der Waals surface area contributed by atoms with Gasteiger partial charge in [0.1, 0.15) is 5.75 Å². The molecule has 0 radical (unpaired) electrons. The Kier molecular flexibility index (Phi) is 7.27. The SMILES string of the molecule is COc1cc(CCC(=O)Oc2ccc(C(=O)c3ccccc3)cc2)cc(OC)c1OC. The smallest absolute Gasteiger partial charge is 0.311 e. The van der Waals surface area contributed by atoms with Crippen molar-refractivity contribution in [3.05, 3.63) is 83.4 Å². The van der Waals surface area contributed by atoms with Crippen LogP contribution in [0.5, 0.6) is 23.0 Å². The van der Waals surface area contributed by atoms with Gasteiger partial charge < -0.3 is 18.9 Å². The molecule has 6 heteroatoms. The van der Waals surface area contributed by atoms with Crippen LogP contribution in [0.15, 0.2) is 66.7 Å². The second-order valence-electron chi connectivity index (χ2n) is 6.73. The van der Waals surface area contributed by atoms with E-state index in [9.17, 15) is 9.59 Å². The minimum atomic E-state index is -0.379. The molecule has 0 N–H and O–H groups in total. The molecule has 6 nitrogen and oxygen atoms in total. The van der Waals surface area contributed by atoms with E-state index in [1.165, 1.54) is 7.11 Å². The van der Waals surface area contributed by atoms with Crippen LogP contribution >= 0.6 is 0 Å². The lowest BCUT2D eigenvalue weighted by atomic mass is 10.0. The molecule has 0 saturated heterocycles. The van der Waals surface area contributed by atoms with E-state index < -0.39 is 0 Å². The van der Waals surface area contributed by atoms with Crippen LogP contribution in [0.25, 0.3) is 0 Å². The fourth-order valence-corrected chi connectivity index (χ4v) is 3.14. The van der Waals surface area contributed by atoms with Crippen LogP contribution in [0.2, 0.25) is 0 Å². The number of rotatable bonds is 9. The van der Waals surface area contributed by atoms with Gasteiger partial charge in [0.15, 0.2) is 17.3 Å².